The van der Waals surface area contributed by atoms with E-state index in [-0.39, 0.29) is 5.56 Å². The highest BCUT2D eigenvalue weighted by Crippen LogP contribution is 2.06. The Morgan fingerprint density at radius 1 is 1.43 bits per heavy atom. The summed E-state index contributed by atoms with van der Waals surface area (Å²) < 4.78 is 1.45. The van der Waals surface area contributed by atoms with Crippen LogP contribution in [0.25, 0.3) is 16.6 Å². The second-order valence-electron chi connectivity index (χ2n) is 3.17. The topological polar surface area (TPSA) is 34.9 Å². The van der Waals surface area contributed by atoms with Crippen LogP contribution < -0.4 is 5.56 Å². The maximum atomic E-state index is 11.8. The van der Waals surface area contributed by atoms with Crippen molar-refractivity contribution in [1.82, 2.24) is 9.55 Å². The second kappa shape index (κ2) is 3.10. The molecule has 70 valence electrons. The van der Waals surface area contributed by atoms with Gasteiger partial charge in [-0.15, -0.1) is 0 Å². The number of nitrogens with zero attached hydrogens (tertiary/aromatic N) is 2. The predicted octanol–water partition coefficient (Wildman–Crippen LogP) is 1.89. The van der Waals surface area contributed by atoms with Crippen molar-refractivity contribution in [2.24, 2.45) is 0 Å². The number of para-hydroxylation sites is 1. The molecule has 3 heteroatoms. The summed E-state index contributed by atoms with van der Waals surface area (Å²) in [5.74, 6) is 0. The van der Waals surface area contributed by atoms with E-state index in [1.165, 1.54) is 10.9 Å². The zero-order valence-electron chi connectivity index (χ0n) is 7.90. The minimum Gasteiger partial charge on any atom is -0.272 e. The summed E-state index contributed by atoms with van der Waals surface area (Å²) in [6, 6.07) is 7.28. The minimum absolute atomic E-state index is 0.0666. The molecule has 2 aromatic rings. The van der Waals surface area contributed by atoms with Gasteiger partial charge in [-0.25, -0.2) is 4.98 Å². The van der Waals surface area contributed by atoms with E-state index in [9.17, 15) is 4.79 Å². The number of rotatable bonds is 1. The van der Waals surface area contributed by atoms with Gasteiger partial charge in [0, 0.05) is 5.70 Å². The van der Waals surface area contributed by atoms with E-state index in [2.05, 4.69) is 11.6 Å². The lowest BCUT2D eigenvalue weighted by Crippen LogP contribution is -2.18. The standard InChI is InChI=1S/C11H10N2O/c1-8(2)13-7-12-10-6-4-3-5-9(10)11(13)14/h3-7H,1H2,2H3. The molecule has 0 aliphatic heterocycles. The lowest BCUT2D eigenvalue weighted by atomic mass is 10.2. The van der Waals surface area contributed by atoms with Gasteiger partial charge in [0.2, 0.25) is 0 Å². The first kappa shape index (κ1) is 8.69. The monoisotopic (exact) mass is 186 g/mol. The normalized spacial score (nSPS) is 10.4. The molecule has 0 aliphatic rings. The van der Waals surface area contributed by atoms with Crippen LogP contribution in [-0.2, 0) is 0 Å². The van der Waals surface area contributed by atoms with Crippen molar-refractivity contribution in [3.05, 3.63) is 47.5 Å². The highest BCUT2D eigenvalue weighted by Gasteiger charge is 2.02. The third kappa shape index (κ3) is 1.23. The van der Waals surface area contributed by atoms with Crippen LogP contribution in [0.15, 0.2) is 42.0 Å². The highest BCUT2D eigenvalue weighted by molar-refractivity contribution is 5.77. The Labute approximate surface area is 81.3 Å². The number of fused-ring (bicyclic) bond motifs is 1. The van der Waals surface area contributed by atoms with Gasteiger partial charge >= 0.3 is 0 Å². The van der Waals surface area contributed by atoms with Crippen molar-refractivity contribution in [3.8, 4) is 0 Å². The average Bonchev–Trinajstić information content (AvgIpc) is 2.18. The molecule has 0 saturated carbocycles. The number of hydrogen-bond acceptors (Lipinski definition) is 2. The fourth-order valence-corrected chi connectivity index (χ4v) is 1.34. The first-order valence-corrected chi connectivity index (χ1v) is 4.32. The van der Waals surface area contributed by atoms with Crippen molar-refractivity contribution in [3.63, 3.8) is 0 Å². The van der Waals surface area contributed by atoms with Gasteiger partial charge in [0.1, 0.15) is 6.33 Å². The Hall–Kier alpha value is -1.90. The van der Waals surface area contributed by atoms with Crippen LogP contribution in [0, 0.1) is 0 Å². The molecule has 0 atom stereocenters. The minimum atomic E-state index is -0.0666. The predicted molar refractivity (Wildman–Crippen MR) is 57.0 cm³/mol. The highest BCUT2D eigenvalue weighted by atomic mass is 16.1. The van der Waals surface area contributed by atoms with Gasteiger partial charge in [-0.3, -0.25) is 9.36 Å². The number of benzene rings is 1. The molecular weight excluding hydrogens is 176 g/mol. The van der Waals surface area contributed by atoms with E-state index < -0.39 is 0 Å². The Bertz CT molecular complexity index is 554. The van der Waals surface area contributed by atoms with Gasteiger partial charge in [0.05, 0.1) is 10.9 Å². The Balaban J connectivity index is 2.89. The fraction of sp³-hybridized carbons (Fsp3) is 0.0909. The first-order chi connectivity index (χ1) is 6.70. The van der Waals surface area contributed by atoms with E-state index in [1.54, 1.807) is 13.0 Å². The molecule has 0 spiro atoms. The average molecular weight is 186 g/mol. The van der Waals surface area contributed by atoms with Gasteiger partial charge in [-0.1, -0.05) is 18.7 Å². The van der Waals surface area contributed by atoms with E-state index in [1.807, 2.05) is 18.2 Å². The fourth-order valence-electron chi connectivity index (χ4n) is 1.34. The Morgan fingerprint density at radius 3 is 2.86 bits per heavy atom. The molecule has 0 saturated heterocycles. The number of allylic oxidation sites excluding steroid dienone is 1. The van der Waals surface area contributed by atoms with Crippen molar-refractivity contribution in [2.45, 2.75) is 6.92 Å². The molecular formula is C11H10N2O. The van der Waals surface area contributed by atoms with Crippen LogP contribution in [0.1, 0.15) is 6.92 Å². The third-order valence-electron chi connectivity index (χ3n) is 2.08. The molecule has 0 radical (unpaired) electrons. The molecule has 2 rings (SSSR count). The lowest BCUT2D eigenvalue weighted by molar-refractivity contribution is 0.982. The van der Waals surface area contributed by atoms with Crippen molar-refractivity contribution in [2.75, 3.05) is 0 Å². The maximum absolute atomic E-state index is 11.8. The van der Waals surface area contributed by atoms with E-state index in [0.29, 0.717) is 11.1 Å². The van der Waals surface area contributed by atoms with Gasteiger partial charge in [-0.2, -0.15) is 0 Å². The SMILES string of the molecule is C=C(C)n1cnc2ccccc2c1=O. The molecule has 0 N–H and O–H groups in total. The second-order valence-corrected chi connectivity index (χ2v) is 3.17. The van der Waals surface area contributed by atoms with Crippen LogP contribution in [0.5, 0.6) is 0 Å². The smallest absolute Gasteiger partial charge is 0.265 e. The zero-order chi connectivity index (χ0) is 10.1. The summed E-state index contributed by atoms with van der Waals surface area (Å²) in [6.45, 7) is 5.49. The molecule has 1 aromatic heterocycles. The van der Waals surface area contributed by atoms with E-state index >= 15 is 0 Å². The molecule has 0 aliphatic carbocycles. The summed E-state index contributed by atoms with van der Waals surface area (Å²) in [5.41, 5.74) is 1.33. The lowest BCUT2D eigenvalue weighted by Gasteiger charge is -2.04. The largest absolute Gasteiger partial charge is 0.272 e. The van der Waals surface area contributed by atoms with E-state index in [0.717, 1.165) is 5.52 Å². The van der Waals surface area contributed by atoms with Crippen LogP contribution >= 0.6 is 0 Å². The molecule has 1 heterocycles. The Morgan fingerprint density at radius 2 is 2.14 bits per heavy atom. The van der Waals surface area contributed by atoms with Crippen molar-refractivity contribution >= 4 is 16.6 Å². The van der Waals surface area contributed by atoms with Crippen LogP contribution in [-0.4, -0.2) is 9.55 Å². The van der Waals surface area contributed by atoms with Crippen LogP contribution in [0.4, 0.5) is 0 Å². The summed E-state index contributed by atoms with van der Waals surface area (Å²) in [7, 11) is 0. The summed E-state index contributed by atoms with van der Waals surface area (Å²) in [6.07, 6.45) is 1.51. The zero-order valence-corrected chi connectivity index (χ0v) is 7.90. The van der Waals surface area contributed by atoms with Crippen molar-refractivity contribution < 1.29 is 0 Å². The quantitative estimate of drug-likeness (QED) is 0.681. The van der Waals surface area contributed by atoms with E-state index in [4.69, 9.17) is 0 Å². The number of aromatic nitrogens is 2. The van der Waals surface area contributed by atoms with Gasteiger partial charge in [0.15, 0.2) is 0 Å². The Kier molecular flexibility index (Phi) is 1.93. The van der Waals surface area contributed by atoms with Crippen LogP contribution in [0.3, 0.4) is 0 Å². The first-order valence-electron chi connectivity index (χ1n) is 4.32. The summed E-state index contributed by atoms with van der Waals surface area (Å²) >= 11 is 0. The molecule has 1 aromatic carbocycles. The van der Waals surface area contributed by atoms with Gasteiger partial charge in [0.25, 0.3) is 5.56 Å². The number of hydrogen-bond donors (Lipinski definition) is 0. The molecule has 0 unspecified atom stereocenters. The summed E-state index contributed by atoms with van der Waals surface area (Å²) in [5, 5.41) is 0.623. The molecule has 0 amide bonds. The molecule has 14 heavy (non-hydrogen) atoms. The molecule has 0 bridgehead atoms. The van der Waals surface area contributed by atoms with Crippen molar-refractivity contribution in [1.29, 1.82) is 0 Å². The van der Waals surface area contributed by atoms with Gasteiger partial charge in [-0.05, 0) is 19.1 Å². The molecule has 0 fully saturated rings. The molecule has 3 nitrogen and oxygen atoms in total. The van der Waals surface area contributed by atoms with Crippen LogP contribution in [0.2, 0.25) is 0 Å². The van der Waals surface area contributed by atoms with Gasteiger partial charge < -0.3 is 0 Å². The summed E-state index contributed by atoms with van der Waals surface area (Å²) in [4.78, 5) is 16.0. The third-order valence-corrected chi connectivity index (χ3v) is 2.08. The maximum Gasteiger partial charge on any atom is 0.265 e.